The second-order valence-corrected chi connectivity index (χ2v) is 7.46. The molecule has 29 heavy (non-hydrogen) atoms. The molecule has 3 aromatic rings. The number of rotatable bonds is 7. The molecule has 2 heterocycles. The van der Waals surface area contributed by atoms with E-state index in [1.807, 2.05) is 13.8 Å². The van der Waals surface area contributed by atoms with Gasteiger partial charge < -0.3 is 14.8 Å². The van der Waals surface area contributed by atoms with Crippen molar-refractivity contribution in [1.82, 2.24) is 20.1 Å². The Morgan fingerprint density at radius 2 is 1.90 bits per heavy atom. The van der Waals surface area contributed by atoms with E-state index in [2.05, 4.69) is 15.4 Å². The van der Waals surface area contributed by atoms with Crippen molar-refractivity contribution in [3.63, 3.8) is 0 Å². The van der Waals surface area contributed by atoms with Gasteiger partial charge in [-0.25, -0.2) is 9.67 Å². The minimum Gasteiger partial charge on any atom is -0.493 e. The Hall–Kier alpha value is -3.20. The number of methoxy groups -OCH3 is 2. The van der Waals surface area contributed by atoms with Crippen molar-refractivity contribution in [2.24, 2.45) is 0 Å². The van der Waals surface area contributed by atoms with Crippen LogP contribution in [0.4, 0.5) is 0 Å². The first-order valence-electron chi connectivity index (χ1n) is 8.95. The summed E-state index contributed by atoms with van der Waals surface area (Å²) in [4.78, 5) is 29.9. The van der Waals surface area contributed by atoms with Gasteiger partial charge in [0.2, 0.25) is 0 Å². The third-order valence-electron chi connectivity index (χ3n) is 4.26. The molecule has 0 atom stereocenters. The fourth-order valence-electron chi connectivity index (χ4n) is 2.85. The standard InChI is InChI=1S/C20H22N4O4S/c1-12-19(29-13(2)22-12)15-6-8-18(25)24(23-15)10-9-21-20(26)14-5-7-16(27-3)17(11-14)28-4/h5-8,11H,9-10H2,1-4H3,(H,21,26). The summed E-state index contributed by atoms with van der Waals surface area (Å²) in [6, 6.07) is 8.10. The Labute approximate surface area is 172 Å². The fourth-order valence-corrected chi connectivity index (χ4v) is 3.74. The summed E-state index contributed by atoms with van der Waals surface area (Å²) >= 11 is 1.53. The van der Waals surface area contributed by atoms with Gasteiger partial charge in [-0.2, -0.15) is 5.10 Å². The van der Waals surface area contributed by atoms with Gasteiger partial charge >= 0.3 is 0 Å². The highest BCUT2D eigenvalue weighted by molar-refractivity contribution is 7.15. The number of nitrogens with one attached hydrogen (secondary N) is 1. The van der Waals surface area contributed by atoms with E-state index in [0.29, 0.717) is 22.8 Å². The van der Waals surface area contributed by atoms with Crippen LogP contribution in [-0.2, 0) is 6.54 Å². The molecule has 1 N–H and O–H groups in total. The minimum absolute atomic E-state index is 0.229. The molecule has 9 heteroatoms. The lowest BCUT2D eigenvalue weighted by Crippen LogP contribution is -2.31. The lowest BCUT2D eigenvalue weighted by molar-refractivity contribution is 0.0951. The molecule has 0 unspecified atom stereocenters. The first-order valence-corrected chi connectivity index (χ1v) is 9.77. The summed E-state index contributed by atoms with van der Waals surface area (Å²) in [6.45, 7) is 4.35. The maximum absolute atomic E-state index is 12.4. The zero-order valence-corrected chi connectivity index (χ0v) is 17.5. The van der Waals surface area contributed by atoms with E-state index < -0.39 is 0 Å². The van der Waals surface area contributed by atoms with Gasteiger partial charge in [0.05, 0.1) is 36.3 Å². The number of ether oxygens (including phenoxy) is 2. The molecule has 0 aliphatic rings. The largest absolute Gasteiger partial charge is 0.493 e. The Balaban J connectivity index is 1.69. The number of carbonyl (C=O) groups is 1. The van der Waals surface area contributed by atoms with E-state index in [-0.39, 0.29) is 24.6 Å². The molecule has 2 aromatic heterocycles. The number of carbonyl (C=O) groups excluding carboxylic acids is 1. The highest BCUT2D eigenvalue weighted by Gasteiger charge is 2.12. The van der Waals surface area contributed by atoms with Crippen molar-refractivity contribution in [2.75, 3.05) is 20.8 Å². The number of aryl methyl sites for hydroxylation is 2. The molecule has 152 valence electrons. The summed E-state index contributed by atoms with van der Waals surface area (Å²) in [6.07, 6.45) is 0. The van der Waals surface area contributed by atoms with Crippen molar-refractivity contribution in [3.05, 3.63) is 57.0 Å². The van der Waals surface area contributed by atoms with E-state index in [0.717, 1.165) is 15.6 Å². The van der Waals surface area contributed by atoms with Gasteiger partial charge in [0.25, 0.3) is 11.5 Å². The highest BCUT2D eigenvalue weighted by atomic mass is 32.1. The fraction of sp³-hybridized carbons (Fsp3) is 0.300. The smallest absolute Gasteiger partial charge is 0.266 e. The monoisotopic (exact) mass is 414 g/mol. The van der Waals surface area contributed by atoms with Gasteiger partial charge in [0.15, 0.2) is 11.5 Å². The highest BCUT2D eigenvalue weighted by Crippen LogP contribution is 2.28. The minimum atomic E-state index is -0.274. The quantitative estimate of drug-likeness (QED) is 0.638. The summed E-state index contributed by atoms with van der Waals surface area (Å²) in [5.41, 5.74) is 1.78. The number of benzene rings is 1. The normalized spacial score (nSPS) is 10.6. The van der Waals surface area contributed by atoms with Gasteiger partial charge in [-0.05, 0) is 38.1 Å². The van der Waals surface area contributed by atoms with Gasteiger partial charge in [-0.1, -0.05) is 0 Å². The predicted molar refractivity (Wildman–Crippen MR) is 111 cm³/mol. The number of hydrogen-bond acceptors (Lipinski definition) is 7. The maximum atomic E-state index is 12.4. The van der Waals surface area contributed by atoms with Crippen LogP contribution >= 0.6 is 11.3 Å². The summed E-state index contributed by atoms with van der Waals surface area (Å²) < 4.78 is 11.7. The lowest BCUT2D eigenvalue weighted by atomic mass is 10.2. The number of amides is 1. The number of nitrogens with zero attached hydrogens (tertiary/aromatic N) is 3. The SMILES string of the molecule is COc1ccc(C(=O)NCCn2nc(-c3sc(C)nc3C)ccc2=O)cc1OC. The molecule has 0 saturated carbocycles. The first kappa shape index (κ1) is 20.5. The summed E-state index contributed by atoms with van der Waals surface area (Å²) in [5, 5.41) is 8.16. The first-order chi connectivity index (χ1) is 13.9. The average molecular weight is 414 g/mol. The van der Waals surface area contributed by atoms with Crippen LogP contribution in [-0.4, -0.2) is 41.4 Å². The van der Waals surface area contributed by atoms with Gasteiger partial charge in [-0.15, -0.1) is 11.3 Å². The molecule has 3 rings (SSSR count). The second kappa shape index (κ2) is 8.87. The van der Waals surface area contributed by atoms with Gasteiger partial charge in [0, 0.05) is 18.2 Å². The van der Waals surface area contributed by atoms with Crippen molar-refractivity contribution < 1.29 is 14.3 Å². The zero-order valence-electron chi connectivity index (χ0n) is 16.7. The molecule has 1 amide bonds. The van der Waals surface area contributed by atoms with Crippen LogP contribution in [0.25, 0.3) is 10.6 Å². The molecule has 0 aliphatic heterocycles. The van der Waals surface area contributed by atoms with Crippen molar-refractivity contribution in [1.29, 1.82) is 0 Å². The van der Waals surface area contributed by atoms with E-state index in [1.165, 1.54) is 36.3 Å². The van der Waals surface area contributed by atoms with Crippen LogP contribution in [0.1, 0.15) is 21.1 Å². The van der Waals surface area contributed by atoms with Crippen molar-refractivity contribution in [3.8, 4) is 22.1 Å². The van der Waals surface area contributed by atoms with Crippen LogP contribution in [0.3, 0.4) is 0 Å². The lowest BCUT2D eigenvalue weighted by Gasteiger charge is -2.10. The molecule has 1 aromatic carbocycles. The number of thiazole rings is 1. The predicted octanol–water partition coefficient (Wildman–Crippen LogP) is 2.43. The summed E-state index contributed by atoms with van der Waals surface area (Å²) in [7, 11) is 3.04. The van der Waals surface area contributed by atoms with Gasteiger partial charge in [0.1, 0.15) is 5.69 Å². The number of hydrogen-bond donors (Lipinski definition) is 1. The maximum Gasteiger partial charge on any atom is 0.266 e. The topological polar surface area (TPSA) is 95.3 Å². The van der Waals surface area contributed by atoms with Gasteiger partial charge in [-0.3, -0.25) is 9.59 Å². The molecule has 0 spiro atoms. The van der Waals surface area contributed by atoms with Crippen LogP contribution in [0.2, 0.25) is 0 Å². The van der Waals surface area contributed by atoms with Crippen molar-refractivity contribution in [2.45, 2.75) is 20.4 Å². The average Bonchev–Trinajstić information content (AvgIpc) is 3.06. The molecule has 0 saturated heterocycles. The molecular formula is C20H22N4O4S. The van der Waals surface area contributed by atoms with Crippen molar-refractivity contribution >= 4 is 17.2 Å². The van der Waals surface area contributed by atoms with E-state index in [4.69, 9.17) is 9.47 Å². The van der Waals surface area contributed by atoms with Crippen LogP contribution < -0.4 is 20.3 Å². The van der Waals surface area contributed by atoms with Crippen LogP contribution in [0.15, 0.2) is 35.1 Å². The van der Waals surface area contributed by atoms with Crippen LogP contribution in [0, 0.1) is 13.8 Å². The Morgan fingerprint density at radius 3 is 2.55 bits per heavy atom. The molecule has 0 fully saturated rings. The molecule has 0 radical (unpaired) electrons. The molecule has 8 nitrogen and oxygen atoms in total. The third-order valence-corrected chi connectivity index (χ3v) is 5.35. The molecular weight excluding hydrogens is 392 g/mol. The van der Waals surface area contributed by atoms with E-state index >= 15 is 0 Å². The van der Waals surface area contributed by atoms with E-state index in [9.17, 15) is 9.59 Å². The molecule has 0 bridgehead atoms. The van der Waals surface area contributed by atoms with Crippen LogP contribution in [0.5, 0.6) is 11.5 Å². The van der Waals surface area contributed by atoms with E-state index in [1.54, 1.807) is 24.3 Å². The Bertz CT molecular complexity index is 1090. The number of aromatic nitrogens is 3. The third kappa shape index (κ3) is 4.62. The Morgan fingerprint density at radius 1 is 1.14 bits per heavy atom. The zero-order chi connectivity index (χ0) is 21.0. The molecule has 0 aliphatic carbocycles. The Kier molecular flexibility index (Phi) is 6.28. The summed E-state index contributed by atoms with van der Waals surface area (Å²) in [5.74, 6) is 0.746. The second-order valence-electron chi connectivity index (χ2n) is 6.25.